The first kappa shape index (κ1) is 14.3. The molecule has 0 aliphatic carbocycles. The van der Waals surface area contributed by atoms with Crippen molar-refractivity contribution < 1.29 is 19.4 Å². The number of carboxylic acids is 1. The molecule has 0 radical (unpaired) electrons. The Morgan fingerprint density at radius 3 is 2.85 bits per heavy atom. The van der Waals surface area contributed by atoms with Gasteiger partial charge in [-0.3, -0.25) is 4.79 Å². The maximum absolute atomic E-state index is 12.1. The number of anilines is 1. The molecule has 1 unspecified atom stereocenters. The summed E-state index contributed by atoms with van der Waals surface area (Å²) in [5.41, 5.74) is 7.43. The van der Waals surface area contributed by atoms with Gasteiger partial charge in [0.15, 0.2) is 6.10 Å². The van der Waals surface area contributed by atoms with Crippen LogP contribution in [-0.2, 0) is 20.7 Å². The Kier molecular flexibility index (Phi) is 4.57. The van der Waals surface area contributed by atoms with Crippen LogP contribution < -0.4 is 5.73 Å². The Morgan fingerprint density at radius 2 is 2.15 bits per heavy atom. The van der Waals surface area contributed by atoms with Crippen LogP contribution in [0.5, 0.6) is 0 Å². The molecule has 1 fully saturated rings. The smallest absolute Gasteiger partial charge is 0.334 e. The third-order valence-electron chi connectivity index (χ3n) is 3.36. The molecule has 1 aliphatic heterocycles. The molecule has 6 nitrogen and oxygen atoms in total. The molecule has 6 heteroatoms. The molecule has 0 spiro atoms. The predicted octanol–water partition coefficient (Wildman–Crippen LogP) is 0.513. The number of para-hydroxylation sites is 1. The SMILES string of the molecule is Nc1ccccc1CCC(=O)N1CCOC(C(=O)O)C1. The quantitative estimate of drug-likeness (QED) is 0.783. The molecule has 0 saturated carbocycles. The van der Waals surface area contributed by atoms with E-state index in [-0.39, 0.29) is 19.1 Å². The Labute approximate surface area is 117 Å². The minimum atomic E-state index is -1.03. The maximum Gasteiger partial charge on any atom is 0.334 e. The molecule has 1 aromatic carbocycles. The van der Waals surface area contributed by atoms with Gasteiger partial charge in [-0.2, -0.15) is 0 Å². The van der Waals surface area contributed by atoms with Crippen molar-refractivity contribution in [3.05, 3.63) is 29.8 Å². The lowest BCUT2D eigenvalue weighted by molar-refractivity contribution is -0.159. The van der Waals surface area contributed by atoms with Crippen molar-refractivity contribution in [2.45, 2.75) is 18.9 Å². The van der Waals surface area contributed by atoms with E-state index in [0.29, 0.717) is 25.1 Å². The molecular formula is C14H18N2O4. The molecule has 2 rings (SSSR count). The average molecular weight is 278 g/mol. The Morgan fingerprint density at radius 1 is 1.40 bits per heavy atom. The summed E-state index contributed by atoms with van der Waals surface area (Å²) in [4.78, 5) is 24.5. The first-order chi connectivity index (χ1) is 9.58. The van der Waals surface area contributed by atoms with Gasteiger partial charge in [-0.05, 0) is 18.1 Å². The number of morpholine rings is 1. The Balaban J connectivity index is 1.89. The standard InChI is InChI=1S/C14H18N2O4/c15-11-4-2-1-3-10(11)5-6-13(17)16-7-8-20-12(9-16)14(18)19/h1-4,12H,5-9,15H2,(H,18,19). The molecule has 0 aromatic heterocycles. The minimum Gasteiger partial charge on any atom is -0.479 e. The first-order valence-electron chi connectivity index (χ1n) is 6.53. The highest BCUT2D eigenvalue weighted by Crippen LogP contribution is 2.14. The van der Waals surface area contributed by atoms with E-state index >= 15 is 0 Å². The van der Waals surface area contributed by atoms with Crippen molar-refractivity contribution in [3.8, 4) is 0 Å². The fraction of sp³-hybridized carbons (Fsp3) is 0.429. The number of hydrogen-bond donors (Lipinski definition) is 2. The van der Waals surface area contributed by atoms with Gasteiger partial charge in [0.2, 0.25) is 5.91 Å². The van der Waals surface area contributed by atoms with E-state index in [0.717, 1.165) is 5.56 Å². The molecule has 1 amide bonds. The van der Waals surface area contributed by atoms with Crippen LogP contribution in [0.3, 0.4) is 0 Å². The van der Waals surface area contributed by atoms with Gasteiger partial charge >= 0.3 is 5.97 Å². The lowest BCUT2D eigenvalue weighted by Crippen LogP contribution is -2.48. The normalized spacial score (nSPS) is 18.8. The predicted molar refractivity (Wildman–Crippen MR) is 73.1 cm³/mol. The van der Waals surface area contributed by atoms with Gasteiger partial charge in [-0.15, -0.1) is 0 Å². The number of aliphatic carboxylic acids is 1. The highest BCUT2D eigenvalue weighted by molar-refractivity contribution is 5.79. The number of aryl methyl sites for hydroxylation is 1. The summed E-state index contributed by atoms with van der Waals surface area (Å²) in [6.45, 7) is 0.807. The molecule has 108 valence electrons. The number of carbonyl (C=O) groups is 2. The van der Waals surface area contributed by atoms with Crippen LogP contribution in [0.15, 0.2) is 24.3 Å². The number of nitrogen functional groups attached to an aromatic ring is 1. The molecule has 20 heavy (non-hydrogen) atoms. The summed E-state index contributed by atoms with van der Waals surface area (Å²) in [6.07, 6.45) is -0.0456. The van der Waals surface area contributed by atoms with Crippen LogP contribution in [-0.4, -0.2) is 47.7 Å². The maximum atomic E-state index is 12.1. The lowest BCUT2D eigenvalue weighted by atomic mass is 10.1. The number of benzene rings is 1. The van der Waals surface area contributed by atoms with E-state index in [1.807, 2.05) is 18.2 Å². The molecule has 0 bridgehead atoms. The number of nitrogens with two attached hydrogens (primary N) is 1. The lowest BCUT2D eigenvalue weighted by Gasteiger charge is -2.31. The third kappa shape index (κ3) is 3.48. The zero-order chi connectivity index (χ0) is 14.5. The monoisotopic (exact) mass is 278 g/mol. The molecule has 1 aromatic rings. The van der Waals surface area contributed by atoms with E-state index < -0.39 is 12.1 Å². The fourth-order valence-corrected chi connectivity index (χ4v) is 2.19. The zero-order valence-electron chi connectivity index (χ0n) is 11.1. The zero-order valence-corrected chi connectivity index (χ0v) is 11.1. The van der Waals surface area contributed by atoms with E-state index in [1.54, 1.807) is 11.0 Å². The van der Waals surface area contributed by atoms with E-state index in [9.17, 15) is 9.59 Å². The van der Waals surface area contributed by atoms with Crippen molar-refractivity contribution >= 4 is 17.6 Å². The highest BCUT2D eigenvalue weighted by atomic mass is 16.5. The second-order valence-electron chi connectivity index (χ2n) is 4.74. The van der Waals surface area contributed by atoms with Gasteiger partial charge in [-0.25, -0.2) is 4.79 Å². The number of hydrogen-bond acceptors (Lipinski definition) is 4. The summed E-state index contributed by atoms with van der Waals surface area (Å²) < 4.78 is 5.09. The minimum absolute atomic E-state index is 0.0668. The van der Waals surface area contributed by atoms with Gasteiger partial charge in [0.1, 0.15) is 0 Å². The van der Waals surface area contributed by atoms with Crippen LogP contribution in [0.25, 0.3) is 0 Å². The van der Waals surface area contributed by atoms with E-state index in [2.05, 4.69) is 0 Å². The molecular weight excluding hydrogens is 260 g/mol. The number of nitrogens with zero attached hydrogens (tertiary/aromatic N) is 1. The van der Waals surface area contributed by atoms with Crippen molar-refractivity contribution in [3.63, 3.8) is 0 Å². The van der Waals surface area contributed by atoms with E-state index in [1.165, 1.54) is 0 Å². The second-order valence-corrected chi connectivity index (χ2v) is 4.74. The summed E-state index contributed by atoms with van der Waals surface area (Å²) in [7, 11) is 0. The van der Waals surface area contributed by atoms with Crippen LogP contribution in [0.1, 0.15) is 12.0 Å². The van der Waals surface area contributed by atoms with Crippen LogP contribution in [0.4, 0.5) is 5.69 Å². The molecule has 1 heterocycles. The van der Waals surface area contributed by atoms with Crippen molar-refractivity contribution in [1.29, 1.82) is 0 Å². The van der Waals surface area contributed by atoms with Gasteiger partial charge in [0.25, 0.3) is 0 Å². The van der Waals surface area contributed by atoms with Gasteiger partial charge < -0.3 is 20.5 Å². The van der Waals surface area contributed by atoms with Crippen LogP contribution >= 0.6 is 0 Å². The fourth-order valence-electron chi connectivity index (χ4n) is 2.19. The topological polar surface area (TPSA) is 92.9 Å². The highest BCUT2D eigenvalue weighted by Gasteiger charge is 2.28. The average Bonchev–Trinajstić information content (AvgIpc) is 2.46. The first-order valence-corrected chi connectivity index (χ1v) is 6.53. The number of carbonyl (C=O) groups excluding carboxylic acids is 1. The van der Waals surface area contributed by atoms with Gasteiger partial charge in [0.05, 0.1) is 13.2 Å². The molecule has 1 aliphatic rings. The Hall–Kier alpha value is -2.08. The van der Waals surface area contributed by atoms with Gasteiger partial charge in [-0.1, -0.05) is 18.2 Å². The molecule has 3 N–H and O–H groups in total. The largest absolute Gasteiger partial charge is 0.479 e. The van der Waals surface area contributed by atoms with Crippen molar-refractivity contribution in [1.82, 2.24) is 4.90 Å². The van der Waals surface area contributed by atoms with E-state index in [4.69, 9.17) is 15.6 Å². The summed E-state index contributed by atoms with van der Waals surface area (Å²) in [6, 6.07) is 7.42. The number of carboxylic acid groups (broad SMARTS) is 1. The van der Waals surface area contributed by atoms with Crippen molar-refractivity contribution in [2.75, 3.05) is 25.4 Å². The molecule has 1 atom stereocenters. The molecule has 1 saturated heterocycles. The summed E-state index contributed by atoms with van der Waals surface area (Å²) in [5, 5.41) is 8.90. The van der Waals surface area contributed by atoms with Crippen molar-refractivity contribution in [2.24, 2.45) is 0 Å². The number of ether oxygens (including phenoxy) is 1. The number of amides is 1. The Bertz CT molecular complexity index is 504. The summed E-state index contributed by atoms with van der Waals surface area (Å²) >= 11 is 0. The third-order valence-corrected chi connectivity index (χ3v) is 3.36. The number of rotatable bonds is 4. The van der Waals surface area contributed by atoms with Crippen LogP contribution in [0, 0.1) is 0 Å². The van der Waals surface area contributed by atoms with Gasteiger partial charge in [0, 0.05) is 18.7 Å². The second kappa shape index (κ2) is 6.38. The van der Waals surface area contributed by atoms with Crippen LogP contribution in [0.2, 0.25) is 0 Å². The summed E-state index contributed by atoms with van der Waals surface area (Å²) in [5.74, 6) is -1.10.